The molecule has 0 saturated carbocycles. The van der Waals surface area contributed by atoms with E-state index in [0.717, 1.165) is 5.56 Å². The van der Waals surface area contributed by atoms with Gasteiger partial charge in [-0.1, -0.05) is 13.3 Å². The van der Waals surface area contributed by atoms with Crippen LogP contribution in [0.25, 0.3) is 0 Å². The SMILES string of the molecule is CCCC(Cc1ccncc1)(C(=O)OCC)C(=O)OCC. The Bertz CT molecular complexity index is 441. The Hall–Kier alpha value is -1.91. The maximum absolute atomic E-state index is 12.4. The molecule has 0 aromatic carbocycles. The smallest absolute Gasteiger partial charge is 0.323 e. The molecule has 5 nitrogen and oxygen atoms in total. The molecule has 0 radical (unpaired) electrons. The largest absolute Gasteiger partial charge is 0.465 e. The van der Waals surface area contributed by atoms with Gasteiger partial charge < -0.3 is 9.47 Å². The van der Waals surface area contributed by atoms with Crippen LogP contribution in [0.3, 0.4) is 0 Å². The molecule has 0 unspecified atom stereocenters. The Kier molecular flexibility index (Phi) is 6.85. The molecule has 5 heteroatoms. The van der Waals surface area contributed by atoms with Crippen LogP contribution in [0.5, 0.6) is 0 Å². The van der Waals surface area contributed by atoms with Crippen LogP contribution in [0.4, 0.5) is 0 Å². The molecule has 116 valence electrons. The summed E-state index contributed by atoms with van der Waals surface area (Å²) < 4.78 is 10.3. The Labute approximate surface area is 125 Å². The average Bonchev–Trinajstić information content (AvgIpc) is 2.48. The van der Waals surface area contributed by atoms with Gasteiger partial charge in [0.25, 0.3) is 0 Å². The van der Waals surface area contributed by atoms with E-state index in [1.54, 1.807) is 38.4 Å². The Morgan fingerprint density at radius 3 is 2.00 bits per heavy atom. The minimum atomic E-state index is -1.28. The summed E-state index contributed by atoms with van der Waals surface area (Å²) in [5, 5.41) is 0. The summed E-state index contributed by atoms with van der Waals surface area (Å²) in [5.41, 5.74) is -0.415. The number of rotatable bonds is 8. The van der Waals surface area contributed by atoms with Gasteiger partial charge in [0.2, 0.25) is 0 Å². The second-order valence-corrected chi connectivity index (χ2v) is 4.81. The van der Waals surface area contributed by atoms with E-state index in [1.165, 1.54) is 0 Å². The summed E-state index contributed by atoms with van der Waals surface area (Å²) in [4.78, 5) is 28.8. The third kappa shape index (κ3) is 4.28. The monoisotopic (exact) mass is 293 g/mol. The van der Waals surface area contributed by atoms with E-state index < -0.39 is 17.4 Å². The molecule has 0 aliphatic rings. The van der Waals surface area contributed by atoms with E-state index in [1.807, 2.05) is 6.92 Å². The van der Waals surface area contributed by atoms with Crippen molar-refractivity contribution < 1.29 is 19.1 Å². The molecule has 0 N–H and O–H groups in total. The molecular weight excluding hydrogens is 270 g/mol. The molecule has 0 fully saturated rings. The molecule has 0 bridgehead atoms. The van der Waals surface area contributed by atoms with E-state index in [9.17, 15) is 9.59 Å². The minimum Gasteiger partial charge on any atom is -0.465 e. The van der Waals surface area contributed by atoms with E-state index >= 15 is 0 Å². The average molecular weight is 293 g/mol. The van der Waals surface area contributed by atoms with Crippen LogP contribution in [0.2, 0.25) is 0 Å². The minimum absolute atomic E-state index is 0.236. The van der Waals surface area contributed by atoms with Gasteiger partial charge in [0.1, 0.15) is 0 Å². The van der Waals surface area contributed by atoms with Crippen molar-refractivity contribution in [3.63, 3.8) is 0 Å². The first kappa shape index (κ1) is 17.1. The zero-order chi connectivity index (χ0) is 15.7. The zero-order valence-electron chi connectivity index (χ0n) is 12.9. The van der Waals surface area contributed by atoms with Gasteiger partial charge in [0, 0.05) is 12.4 Å². The summed E-state index contributed by atoms with van der Waals surface area (Å²) >= 11 is 0. The van der Waals surface area contributed by atoms with E-state index in [2.05, 4.69) is 4.98 Å². The van der Waals surface area contributed by atoms with Crippen LogP contribution in [-0.4, -0.2) is 30.1 Å². The maximum Gasteiger partial charge on any atom is 0.323 e. The first-order valence-electron chi connectivity index (χ1n) is 7.34. The normalized spacial score (nSPS) is 11.0. The molecule has 0 atom stereocenters. The highest BCUT2D eigenvalue weighted by Crippen LogP contribution is 2.32. The van der Waals surface area contributed by atoms with Crippen molar-refractivity contribution in [3.8, 4) is 0 Å². The van der Waals surface area contributed by atoms with Gasteiger partial charge in [-0.3, -0.25) is 14.6 Å². The van der Waals surface area contributed by atoms with Crippen LogP contribution in [-0.2, 0) is 25.5 Å². The summed E-state index contributed by atoms with van der Waals surface area (Å²) in [7, 11) is 0. The van der Waals surface area contributed by atoms with Gasteiger partial charge in [-0.2, -0.15) is 0 Å². The number of pyridine rings is 1. The van der Waals surface area contributed by atoms with Crippen molar-refractivity contribution in [2.75, 3.05) is 13.2 Å². The highest BCUT2D eigenvalue weighted by Gasteiger charge is 2.48. The van der Waals surface area contributed by atoms with Gasteiger partial charge >= 0.3 is 11.9 Å². The molecule has 1 aromatic heterocycles. The number of hydrogen-bond acceptors (Lipinski definition) is 5. The van der Waals surface area contributed by atoms with Crippen LogP contribution < -0.4 is 0 Å². The lowest BCUT2D eigenvalue weighted by atomic mass is 9.78. The predicted octanol–water partition coefficient (Wildman–Crippen LogP) is 2.54. The molecular formula is C16H23NO4. The fourth-order valence-electron chi connectivity index (χ4n) is 2.33. The Morgan fingerprint density at radius 1 is 1.05 bits per heavy atom. The Balaban J connectivity index is 3.15. The quantitative estimate of drug-likeness (QED) is 0.544. The van der Waals surface area contributed by atoms with E-state index in [-0.39, 0.29) is 19.6 Å². The van der Waals surface area contributed by atoms with Gasteiger partial charge in [-0.05, 0) is 44.4 Å². The number of hydrogen-bond donors (Lipinski definition) is 0. The molecule has 1 aromatic rings. The fourth-order valence-corrected chi connectivity index (χ4v) is 2.33. The number of aromatic nitrogens is 1. The number of esters is 2. The molecule has 0 spiro atoms. The van der Waals surface area contributed by atoms with Crippen LogP contribution >= 0.6 is 0 Å². The summed E-state index contributed by atoms with van der Waals surface area (Å²) in [6, 6.07) is 3.59. The number of ether oxygens (including phenoxy) is 2. The van der Waals surface area contributed by atoms with Gasteiger partial charge in [-0.25, -0.2) is 0 Å². The molecule has 1 heterocycles. The van der Waals surface area contributed by atoms with Crippen LogP contribution in [0, 0.1) is 5.41 Å². The standard InChI is InChI=1S/C16H23NO4/c1-4-9-16(14(18)20-5-2,15(19)21-6-3)12-13-7-10-17-11-8-13/h7-8,10-11H,4-6,9,12H2,1-3H3. The molecule has 0 saturated heterocycles. The van der Waals surface area contributed by atoms with Gasteiger partial charge in [-0.15, -0.1) is 0 Å². The van der Waals surface area contributed by atoms with Gasteiger partial charge in [0.15, 0.2) is 5.41 Å². The van der Waals surface area contributed by atoms with Crippen molar-refractivity contribution in [3.05, 3.63) is 30.1 Å². The van der Waals surface area contributed by atoms with Crippen molar-refractivity contribution in [1.29, 1.82) is 0 Å². The number of carbonyl (C=O) groups excluding carboxylic acids is 2. The molecule has 0 amide bonds. The number of nitrogens with zero attached hydrogens (tertiary/aromatic N) is 1. The second kappa shape index (κ2) is 8.39. The third-order valence-electron chi connectivity index (χ3n) is 3.26. The highest BCUT2D eigenvalue weighted by molar-refractivity contribution is 6.00. The summed E-state index contributed by atoms with van der Waals surface area (Å²) in [6.45, 7) is 5.86. The second-order valence-electron chi connectivity index (χ2n) is 4.81. The highest BCUT2D eigenvalue weighted by atomic mass is 16.6. The van der Waals surface area contributed by atoms with Crippen LogP contribution in [0.1, 0.15) is 39.2 Å². The van der Waals surface area contributed by atoms with Crippen molar-refractivity contribution in [1.82, 2.24) is 4.98 Å². The summed E-state index contributed by atoms with van der Waals surface area (Å²) in [6.07, 6.45) is 4.63. The van der Waals surface area contributed by atoms with E-state index in [4.69, 9.17) is 9.47 Å². The lowest BCUT2D eigenvalue weighted by Crippen LogP contribution is -2.44. The van der Waals surface area contributed by atoms with Crippen molar-refractivity contribution in [2.24, 2.45) is 5.41 Å². The van der Waals surface area contributed by atoms with Gasteiger partial charge in [0.05, 0.1) is 13.2 Å². The Morgan fingerprint density at radius 2 is 1.57 bits per heavy atom. The fraction of sp³-hybridized carbons (Fsp3) is 0.562. The van der Waals surface area contributed by atoms with Crippen molar-refractivity contribution in [2.45, 2.75) is 40.0 Å². The maximum atomic E-state index is 12.4. The zero-order valence-corrected chi connectivity index (χ0v) is 12.9. The topological polar surface area (TPSA) is 65.5 Å². The number of carbonyl (C=O) groups is 2. The predicted molar refractivity (Wildman–Crippen MR) is 78.5 cm³/mol. The lowest BCUT2D eigenvalue weighted by Gasteiger charge is -2.29. The van der Waals surface area contributed by atoms with E-state index in [0.29, 0.717) is 12.8 Å². The molecule has 0 aliphatic carbocycles. The third-order valence-corrected chi connectivity index (χ3v) is 3.26. The lowest BCUT2D eigenvalue weighted by molar-refractivity contribution is -0.172. The molecule has 1 rings (SSSR count). The first-order chi connectivity index (χ1) is 10.1. The molecule has 21 heavy (non-hydrogen) atoms. The van der Waals surface area contributed by atoms with Crippen molar-refractivity contribution >= 4 is 11.9 Å². The van der Waals surface area contributed by atoms with Crippen LogP contribution in [0.15, 0.2) is 24.5 Å². The molecule has 0 aliphatic heterocycles. The first-order valence-corrected chi connectivity index (χ1v) is 7.34. The summed E-state index contributed by atoms with van der Waals surface area (Å²) in [5.74, 6) is -1.02.